The molecule has 0 radical (unpaired) electrons. The molecule has 3 aromatic heterocycles. The van der Waals surface area contributed by atoms with E-state index in [9.17, 15) is 13.6 Å². The number of rotatable bonds is 6. The van der Waals surface area contributed by atoms with Crippen molar-refractivity contribution in [2.75, 3.05) is 25.0 Å². The smallest absolute Gasteiger partial charge is 0.295 e. The Morgan fingerprint density at radius 2 is 1.86 bits per heavy atom. The zero-order valence-corrected chi connectivity index (χ0v) is 19.6. The van der Waals surface area contributed by atoms with Gasteiger partial charge in [-0.3, -0.25) is 9.36 Å². The zero-order valence-electron chi connectivity index (χ0n) is 19.6. The van der Waals surface area contributed by atoms with Crippen molar-refractivity contribution >= 4 is 17.0 Å². The summed E-state index contributed by atoms with van der Waals surface area (Å²) in [7, 11) is 0. The molecular weight excluding hydrogens is 454 g/mol. The van der Waals surface area contributed by atoms with Gasteiger partial charge >= 0.3 is 0 Å². The van der Waals surface area contributed by atoms with Crippen LogP contribution in [0.4, 0.5) is 14.6 Å². The van der Waals surface area contributed by atoms with Gasteiger partial charge in [-0.1, -0.05) is 5.16 Å². The van der Waals surface area contributed by atoms with Crippen molar-refractivity contribution in [1.82, 2.24) is 25.0 Å². The van der Waals surface area contributed by atoms with Gasteiger partial charge in [0.05, 0.1) is 23.5 Å². The van der Waals surface area contributed by atoms with Gasteiger partial charge in [0, 0.05) is 12.6 Å². The number of hydrogen-bond acceptors (Lipinski definition) is 7. The Balaban J connectivity index is 1.61. The maximum Gasteiger partial charge on any atom is 0.295 e. The molecule has 1 fully saturated rings. The Morgan fingerprint density at radius 3 is 2.54 bits per heavy atom. The number of halogens is 2. The van der Waals surface area contributed by atoms with Crippen LogP contribution in [0.2, 0.25) is 0 Å². The minimum atomic E-state index is -0.708. The van der Waals surface area contributed by atoms with Crippen LogP contribution in [0, 0.1) is 31.4 Å². The SMILES string of the molecule is Cc1noc(C)c1-c1ccc2nc(NCC3CCNCC3)c(=O)n(Cc3cc(F)cc(F)c3)c2n1. The van der Waals surface area contributed by atoms with Crippen LogP contribution in [0.25, 0.3) is 22.4 Å². The first-order chi connectivity index (χ1) is 16.9. The maximum atomic E-state index is 13.9. The first kappa shape index (κ1) is 23.1. The van der Waals surface area contributed by atoms with Crippen molar-refractivity contribution in [3.8, 4) is 11.3 Å². The monoisotopic (exact) mass is 480 g/mol. The lowest BCUT2D eigenvalue weighted by molar-refractivity contribution is 0.389. The maximum absolute atomic E-state index is 13.9. The second kappa shape index (κ2) is 9.53. The second-order valence-electron chi connectivity index (χ2n) is 8.94. The molecule has 1 saturated heterocycles. The molecular formula is C25H26F2N6O2. The van der Waals surface area contributed by atoms with Crippen molar-refractivity contribution in [1.29, 1.82) is 0 Å². The van der Waals surface area contributed by atoms with E-state index in [2.05, 4.69) is 20.8 Å². The predicted molar refractivity (Wildman–Crippen MR) is 128 cm³/mol. The number of hydrogen-bond donors (Lipinski definition) is 2. The Bertz CT molecular complexity index is 1400. The molecule has 5 rings (SSSR count). The minimum Gasteiger partial charge on any atom is -0.365 e. The van der Waals surface area contributed by atoms with E-state index in [-0.39, 0.29) is 12.4 Å². The lowest BCUT2D eigenvalue weighted by Gasteiger charge is -2.23. The third-order valence-corrected chi connectivity index (χ3v) is 6.36. The van der Waals surface area contributed by atoms with Crippen molar-refractivity contribution in [2.24, 2.45) is 5.92 Å². The zero-order chi connectivity index (χ0) is 24.5. The van der Waals surface area contributed by atoms with Crippen LogP contribution >= 0.6 is 0 Å². The number of fused-ring (bicyclic) bond motifs is 1. The van der Waals surface area contributed by atoms with Crippen LogP contribution in [0.3, 0.4) is 0 Å². The van der Waals surface area contributed by atoms with E-state index in [1.807, 2.05) is 6.92 Å². The second-order valence-corrected chi connectivity index (χ2v) is 8.94. The van der Waals surface area contributed by atoms with Crippen molar-refractivity contribution in [2.45, 2.75) is 33.2 Å². The van der Waals surface area contributed by atoms with E-state index in [4.69, 9.17) is 9.51 Å². The van der Waals surface area contributed by atoms with Crippen LogP contribution in [-0.4, -0.2) is 39.3 Å². The number of piperidine rings is 1. The molecule has 0 spiro atoms. The average molecular weight is 481 g/mol. The number of aromatic nitrogens is 4. The summed E-state index contributed by atoms with van der Waals surface area (Å²) in [6.45, 7) is 6.05. The third kappa shape index (κ3) is 4.79. The van der Waals surface area contributed by atoms with Gasteiger partial charge < -0.3 is 15.2 Å². The number of nitrogens with one attached hydrogen (secondary N) is 2. The lowest BCUT2D eigenvalue weighted by Crippen LogP contribution is -2.33. The number of pyridine rings is 1. The quantitative estimate of drug-likeness (QED) is 0.433. The molecule has 0 saturated carbocycles. The molecule has 0 atom stereocenters. The molecule has 10 heteroatoms. The van der Waals surface area contributed by atoms with E-state index in [1.165, 1.54) is 16.7 Å². The summed E-state index contributed by atoms with van der Waals surface area (Å²) in [4.78, 5) is 22.8. The average Bonchev–Trinajstić information content (AvgIpc) is 3.17. The summed E-state index contributed by atoms with van der Waals surface area (Å²) in [6, 6.07) is 6.80. The molecule has 35 heavy (non-hydrogen) atoms. The van der Waals surface area contributed by atoms with Gasteiger partial charge in [0.15, 0.2) is 11.5 Å². The Morgan fingerprint density at radius 1 is 1.11 bits per heavy atom. The first-order valence-corrected chi connectivity index (χ1v) is 11.6. The molecule has 0 amide bonds. The van der Waals surface area contributed by atoms with Crippen LogP contribution in [0.5, 0.6) is 0 Å². The fourth-order valence-corrected chi connectivity index (χ4v) is 4.58. The van der Waals surface area contributed by atoms with Crippen LogP contribution in [-0.2, 0) is 6.54 Å². The van der Waals surface area contributed by atoms with E-state index in [0.29, 0.717) is 46.3 Å². The molecule has 4 aromatic rings. The van der Waals surface area contributed by atoms with Gasteiger partial charge in [-0.15, -0.1) is 0 Å². The highest BCUT2D eigenvalue weighted by atomic mass is 19.1. The van der Waals surface area contributed by atoms with Crippen LogP contribution in [0.1, 0.15) is 29.9 Å². The molecule has 182 valence electrons. The van der Waals surface area contributed by atoms with Gasteiger partial charge in [0.2, 0.25) is 0 Å². The molecule has 1 aliphatic heterocycles. The normalized spacial score (nSPS) is 14.5. The standard InChI is InChI=1S/C25H26F2N6O2/c1-14-22(15(2)35-32-14)20-3-4-21-24(31-20)33(13-17-9-18(26)11-19(27)10-17)25(34)23(30-21)29-12-16-5-7-28-8-6-16/h3-4,9-11,16,28H,5-8,12-13H2,1-2H3,(H,29,30). The topological polar surface area (TPSA) is 97.9 Å². The fraction of sp³-hybridized carbons (Fsp3) is 0.360. The minimum absolute atomic E-state index is 0.0629. The van der Waals surface area contributed by atoms with Gasteiger partial charge in [-0.05, 0) is 75.5 Å². The summed E-state index contributed by atoms with van der Waals surface area (Å²) in [5, 5.41) is 10.5. The molecule has 0 unspecified atom stereocenters. The van der Waals surface area contributed by atoms with Gasteiger partial charge in [-0.25, -0.2) is 18.7 Å². The molecule has 4 heterocycles. The van der Waals surface area contributed by atoms with Crippen LogP contribution in [0.15, 0.2) is 39.6 Å². The Hall–Kier alpha value is -3.66. The van der Waals surface area contributed by atoms with E-state index >= 15 is 0 Å². The van der Waals surface area contributed by atoms with E-state index < -0.39 is 17.2 Å². The van der Waals surface area contributed by atoms with Gasteiger partial charge in [0.1, 0.15) is 22.9 Å². The van der Waals surface area contributed by atoms with Crippen molar-refractivity contribution in [3.05, 3.63) is 69.3 Å². The predicted octanol–water partition coefficient (Wildman–Crippen LogP) is 3.80. The molecule has 0 aliphatic carbocycles. The number of aryl methyl sites for hydroxylation is 2. The van der Waals surface area contributed by atoms with E-state index in [1.54, 1.807) is 19.1 Å². The summed E-state index contributed by atoms with van der Waals surface area (Å²) in [6.07, 6.45) is 2.03. The summed E-state index contributed by atoms with van der Waals surface area (Å²) >= 11 is 0. The van der Waals surface area contributed by atoms with Gasteiger partial charge in [0.25, 0.3) is 5.56 Å². The van der Waals surface area contributed by atoms with E-state index in [0.717, 1.165) is 37.6 Å². The lowest BCUT2D eigenvalue weighted by atomic mass is 9.98. The largest absolute Gasteiger partial charge is 0.365 e. The summed E-state index contributed by atoms with van der Waals surface area (Å²) in [5.74, 6) is -0.192. The Kier molecular flexibility index (Phi) is 6.29. The van der Waals surface area contributed by atoms with Gasteiger partial charge in [-0.2, -0.15) is 0 Å². The Labute approximate surface area is 200 Å². The van der Waals surface area contributed by atoms with Crippen molar-refractivity contribution in [3.63, 3.8) is 0 Å². The first-order valence-electron chi connectivity index (χ1n) is 11.6. The van der Waals surface area contributed by atoms with Crippen molar-refractivity contribution < 1.29 is 13.3 Å². The molecule has 1 aromatic carbocycles. The number of anilines is 1. The highest BCUT2D eigenvalue weighted by Crippen LogP contribution is 2.27. The summed E-state index contributed by atoms with van der Waals surface area (Å²) < 4.78 is 34.5. The molecule has 0 bridgehead atoms. The third-order valence-electron chi connectivity index (χ3n) is 6.36. The highest BCUT2D eigenvalue weighted by molar-refractivity contribution is 5.77. The number of benzene rings is 1. The summed E-state index contributed by atoms with van der Waals surface area (Å²) in [5.41, 5.74) is 2.68. The fourth-order valence-electron chi connectivity index (χ4n) is 4.58. The number of nitrogens with zero attached hydrogens (tertiary/aromatic N) is 4. The van der Waals surface area contributed by atoms with Crippen LogP contribution < -0.4 is 16.2 Å². The highest BCUT2D eigenvalue weighted by Gasteiger charge is 2.19. The molecule has 1 aliphatic rings. The molecule has 8 nitrogen and oxygen atoms in total. The molecule has 2 N–H and O–H groups in total.